The number of nitrogens with zero attached hydrogens (tertiary/aromatic N) is 4. The van der Waals surface area contributed by atoms with E-state index in [1.54, 1.807) is 0 Å². The van der Waals surface area contributed by atoms with Crippen LogP contribution in [0.4, 0.5) is 5.95 Å². The highest BCUT2D eigenvalue weighted by Crippen LogP contribution is 2.03. The average Bonchev–Trinajstić information content (AvgIpc) is 2.34. The van der Waals surface area contributed by atoms with Gasteiger partial charge in [0.1, 0.15) is 0 Å². The van der Waals surface area contributed by atoms with Crippen LogP contribution in [0.5, 0.6) is 0 Å². The van der Waals surface area contributed by atoms with Gasteiger partial charge in [0, 0.05) is 55.2 Å². The van der Waals surface area contributed by atoms with Gasteiger partial charge in [-0.15, -0.1) is 0 Å². The van der Waals surface area contributed by atoms with E-state index in [2.05, 4.69) is 54.7 Å². The fourth-order valence-electron chi connectivity index (χ4n) is 1.80. The molecule has 1 aliphatic heterocycles. The third kappa shape index (κ3) is 4.36. The zero-order valence-electron chi connectivity index (χ0n) is 10.1. The molecule has 0 atom stereocenters. The number of nitrogens with one attached hydrogen (secondary N) is 1. The molecule has 0 radical (unpaired) electrons. The summed E-state index contributed by atoms with van der Waals surface area (Å²) in [5, 5.41) is 3.25. The Bertz CT molecular complexity index is 334. The van der Waals surface area contributed by atoms with Crippen LogP contribution in [0, 0.1) is 3.57 Å². The summed E-state index contributed by atoms with van der Waals surface area (Å²) in [6.07, 6.45) is 3.65. The molecule has 0 bridgehead atoms. The van der Waals surface area contributed by atoms with Crippen molar-refractivity contribution in [2.75, 3.05) is 51.6 Å². The van der Waals surface area contributed by atoms with E-state index in [4.69, 9.17) is 0 Å². The van der Waals surface area contributed by atoms with E-state index in [1.807, 2.05) is 12.4 Å². The SMILES string of the molecule is CN1CCN(CCNc2ncc(I)cn2)CC1. The number of halogens is 1. The third-order valence-corrected chi connectivity index (χ3v) is 3.48. The van der Waals surface area contributed by atoms with E-state index in [0.29, 0.717) is 0 Å². The summed E-state index contributed by atoms with van der Waals surface area (Å²) < 4.78 is 1.06. The van der Waals surface area contributed by atoms with Gasteiger partial charge in [-0.1, -0.05) is 0 Å². The molecule has 1 N–H and O–H groups in total. The van der Waals surface area contributed by atoms with Crippen LogP contribution < -0.4 is 5.32 Å². The predicted molar refractivity (Wildman–Crippen MR) is 77.2 cm³/mol. The van der Waals surface area contributed by atoms with Gasteiger partial charge in [-0.25, -0.2) is 9.97 Å². The van der Waals surface area contributed by atoms with Gasteiger partial charge in [-0.2, -0.15) is 0 Å². The second-order valence-corrected chi connectivity index (χ2v) is 5.54. The summed E-state index contributed by atoms with van der Waals surface area (Å²) in [7, 11) is 2.18. The van der Waals surface area contributed by atoms with Gasteiger partial charge in [0.05, 0.1) is 0 Å². The van der Waals surface area contributed by atoms with Crippen molar-refractivity contribution in [3.63, 3.8) is 0 Å². The zero-order chi connectivity index (χ0) is 12.1. The Morgan fingerprint density at radius 2 is 1.88 bits per heavy atom. The largest absolute Gasteiger partial charge is 0.353 e. The summed E-state index contributed by atoms with van der Waals surface area (Å²) >= 11 is 2.21. The molecule has 2 heterocycles. The van der Waals surface area contributed by atoms with Crippen LogP contribution in [-0.4, -0.2) is 66.1 Å². The normalized spacial score (nSPS) is 18.2. The average molecular weight is 347 g/mol. The Hall–Kier alpha value is -0.470. The second kappa shape index (κ2) is 6.46. The molecule has 2 rings (SSSR count). The lowest BCUT2D eigenvalue weighted by atomic mass is 10.3. The second-order valence-electron chi connectivity index (χ2n) is 4.30. The highest BCUT2D eigenvalue weighted by atomic mass is 127. The molecule has 1 fully saturated rings. The molecule has 1 saturated heterocycles. The number of rotatable bonds is 4. The van der Waals surface area contributed by atoms with E-state index < -0.39 is 0 Å². The van der Waals surface area contributed by atoms with Crippen molar-refractivity contribution in [1.29, 1.82) is 0 Å². The molecule has 6 heteroatoms. The number of piperazine rings is 1. The first-order valence-electron chi connectivity index (χ1n) is 5.86. The highest BCUT2D eigenvalue weighted by Gasteiger charge is 2.12. The van der Waals surface area contributed by atoms with Crippen LogP contribution in [-0.2, 0) is 0 Å². The lowest BCUT2D eigenvalue weighted by Gasteiger charge is -2.32. The monoisotopic (exact) mass is 347 g/mol. The van der Waals surface area contributed by atoms with Gasteiger partial charge < -0.3 is 10.2 Å². The number of aromatic nitrogens is 2. The molecule has 1 aromatic rings. The molecule has 1 aliphatic rings. The van der Waals surface area contributed by atoms with Gasteiger partial charge in [-0.05, 0) is 29.6 Å². The first kappa shape index (κ1) is 13.0. The van der Waals surface area contributed by atoms with Crippen molar-refractivity contribution in [3.05, 3.63) is 16.0 Å². The topological polar surface area (TPSA) is 44.3 Å². The van der Waals surface area contributed by atoms with Crippen LogP contribution in [0.2, 0.25) is 0 Å². The predicted octanol–water partition coefficient (Wildman–Crippen LogP) is 0.740. The Morgan fingerprint density at radius 3 is 2.53 bits per heavy atom. The van der Waals surface area contributed by atoms with E-state index in [-0.39, 0.29) is 0 Å². The number of anilines is 1. The molecule has 0 saturated carbocycles. The number of hydrogen-bond donors (Lipinski definition) is 1. The molecule has 0 aromatic carbocycles. The van der Waals surface area contributed by atoms with Crippen LogP contribution >= 0.6 is 22.6 Å². The van der Waals surface area contributed by atoms with Gasteiger partial charge >= 0.3 is 0 Å². The summed E-state index contributed by atoms with van der Waals surface area (Å²) in [4.78, 5) is 13.3. The Balaban J connectivity index is 1.67. The van der Waals surface area contributed by atoms with Gasteiger partial charge in [0.15, 0.2) is 0 Å². The zero-order valence-corrected chi connectivity index (χ0v) is 12.2. The third-order valence-electron chi connectivity index (χ3n) is 2.93. The summed E-state index contributed by atoms with van der Waals surface area (Å²) in [5.41, 5.74) is 0. The highest BCUT2D eigenvalue weighted by molar-refractivity contribution is 14.1. The molecule has 0 unspecified atom stereocenters. The van der Waals surface area contributed by atoms with Crippen LogP contribution in [0.1, 0.15) is 0 Å². The van der Waals surface area contributed by atoms with E-state index >= 15 is 0 Å². The van der Waals surface area contributed by atoms with Gasteiger partial charge in [0.2, 0.25) is 5.95 Å². The maximum absolute atomic E-state index is 4.22. The summed E-state index contributed by atoms with van der Waals surface area (Å²) in [5.74, 6) is 0.722. The minimum Gasteiger partial charge on any atom is -0.353 e. The first-order valence-corrected chi connectivity index (χ1v) is 6.94. The molecule has 1 aromatic heterocycles. The molecule has 17 heavy (non-hydrogen) atoms. The van der Waals surface area contributed by atoms with E-state index in [0.717, 1.165) is 35.7 Å². The fourth-order valence-corrected chi connectivity index (χ4v) is 2.08. The molecular weight excluding hydrogens is 329 g/mol. The van der Waals surface area contributed by atoms with Crippen molar-refractivity contribution in [3.8, 4) is 0 Å². The van der Waals surface area contributed by atoms with Crippen molar-refractivity contribution in [1.82, 2.24) is 19.8 Å². The molecule has 0 aliphatic carbocycles. The van der Waals surface area contributed by atoms with Crippen LogP contribution in [0.15, 0.2) is 12.4 Å². The van der Waals surface area contributed by atoms with Crippen molar-refractivity contribution in [2.45, 2.75) is 0 Å². The number of likely N-dealkylation sites (N-methyl/N-ethyl adjacent to an activating group) is 1. The Morgan fingerprint density at radius 1 is 1.24 bits per heavy atom. The quantitative estimate of drug-likeness (QED) is 0.814. The van der Waals surface area contributed by atoms with E-state index in [1.165, 1.54) is 13.1 Å². The summed E-state index contributed by atoms with van der Waals surface area (Å²) in [6, 6.07) is 0. The lowest BCUT2D eigenvalue weighted by molar-refractivity contribution is 0.158. The Labute approximate surface area is 116 Å². The fraction of sp³-hybridized carbons (Fsp3) is 0.636. The maximum atomic E-state index is 4.22. The lowest BCUT2D eigenvalue weighted by Crippen LogP contribution is -2.45. The molecule has 94 valence electrons. The van der Waals surface area contributed by atoms with Gasteiger partial charge in [-0.3, -0.25) is 4.90 Å². The standard InChI is InChI=1S/C11H18IN5/c1-16-4-6-17(7-5-16)3-2-13-11-14-8-10(12)9-15-11/h8-9H,2-7H2,1H3,(H,13,14,15). The number of hydrogen-bond acceptors (Lipinski definition) is 5. The van der Waals surface area contributed by atoms with E-state index in [9.17, 15) is 0 Å². The smallest absolute Gasteiger partial charge is 0.222 e. The maximum Gasteiger partial charge on any atom is 0.222 e. The van der Waals surface area contributed by atoms with Crippen molar-refractivity contribution in [2.24, 2.45) is 0 Å². The minimum absolute atomic E-state index is 0.722. The molecule has 5 nitrogen and oxygen atoms in total. The molecule has 0 amide bonds. The van der Waals surface area contributed by atoms with Gasteiger partial charge in [0.25, 0.3) is 0 Å². The van der Waals surface area contributed by atoms with Crippen molar-refractivity contribution < 1.29 is 0 Å². The molecular formula is C11H18IN5. The van der Waals surface area contributed by atoms with Crippen molar-refractivity contribution >= 4 is 28.5 Å². The Kier molecular flexibility index (Phi) is 4.93. The summed E-state index contributed by atoms with van der Waals surface area (Å²) in [6.45, 7) is 6.62. The molecule has 0 spiro atoms. The minimum atomic E-state index is 0.722. The first-order chi connectivity index (χ1) is 8.24. The van der Waals surface area contributed by atoms with Crippen LogP contribution in [0.3, 0.4) is 0 Å². The van der Waals surface area contributed by atoms with Crippen LogP contribution in [0.25, 0.3) is 0 Å².